The Balaban J connectivity index is 1.71. The minimum Gasteiger partial charge on any atom is -0.411 e. The molecule has 0 amide bonds. The van der Waals surface area contributed by atoms with Crippen LogP contribution in [0.5, 0.6) is 0 Å². The van der Waals surface area contributed by atoms with Crippen molar-refractivity contribution in [2.75, 3.05) is 0 Å². The lowest BCUT2D eigenvalue weighted by atomic mass is 10.2. The van der Waals surface area contributed by atoms with Gasteiger partial charge in [0.25, 0.3) is 5.22 Å². The lowest BCUT2D eigenvalue weighted by molar-refractivity contribution is 0.466. The molecule has 6 heteroatoms. The number of nitrogens with zero attached hydrogens (tertiary/aromatic N) is 2. The van der Waals surface area contributed by atoms with Crippen molar-refractivity contribution in [3.8, 4) is 11.5 Å². The van der Waals surface area contributed by atoms with Gasteiger partial charge in [-0.25, -0.2) is 0 Å². The van der Waals surface area contributed by atoms with Crippen molar-refractivity contribution in [2.24, 2.45) is 0 Å². The highest BCUT2D eigenvalue weighted by Gasteiger charge is 2.09. The molecule has 3 aromatic rings. The van der Waals surface area contributed by atoms with Crippen LogP contribution in [0.2, 0.25) is 5.02 Å². The SMILES string of the molecule is Clc1cccc(CSc2nnc(-c3cccc(Br)c3)o2)c1. The third kappa shape index (κ3) is 3.87. The number of rotatable bonds is 4. The minimum absolute atomic E-state index is 0.518. The summed E-state index contributed by atoms with van der Waals surface area (Å²) >= 11 is 10.9. The second-order valence-corrected chi connectivity index (χ2v) is 6.58. The van der Waals surface area contributed by atoms with Gasteiger partial charge in [0.2, 0.25) is 5.89 Å². The van der Waals surface area contributed by atoms with Gasteiger partial charge in [0.15, 0.2) is 0 Å². The highest BCUT2D eigenvalue weighted by molar-refractivity contribution is 9.10. The number of hydrogen-bond donors (Lipinski definition) is 0. The normalized spacial score (nSPS) is 10.8. The average molecular weight is 382 g/mol. The van der Waals surface area contributed by atoms with E-state index in [2.05, 4.69) is 26.1 Å². The van der Waals surface area contributed by atoms with Gasteiger partial charge in [-0.3, -0.25) is 0 Å². The van der Waals surface area contributed by atoms with E-state index in [1.165, 1.54) is 11.8 Å². The Morgan fingerprint density at radius 1 is 1.10 bits per heavy atom. The Labute approximate surface area is 139 Å². The van der Waals surface area contributed by atoms with Crippen LogP contribution in [0.15, 0.2) is 62.6 Å². The number of halogens is 2. The smallest absolute Gasteiger partial charge is 0.277 e. The Morgan fingerprint density at radius 2 is 1.95 bits per heavy atom. The molecule has 0 N–H and O–H groups in total. The third-order valence-electron chi connectivity index (χ3n) is 2.73. The van der Waals surface area contributed by atoms with Crippen molar-refractivity contribution < 1.29 is 4.42 Å². The van der Waals surface area contributed by atoms with E-state index in [4.69, 9.17) is 16.0 Å². The van der Waals surface area contributed by atoms with Crippen molar-refractivity contribution in [2.45, 2.75) is 11.0 Å². The van der Waals surface area contributed by atoms with Crippen molar-refractivity contribution >= 4 is 39.3 Å². The fourth-order valence-electron chi connectivity index (χ4n) is 1.78. The van der Waals surface area contributed by atoms with Gasteiger partial charge in [-0.1, -0.05) is 57.5 Å². The molecule has 0 saturated carbocycles. The molecule has 0 spiro atoms. The van der Waals surface area contributed by atoms with E-state index in [0.29, 0.717) is 11.1 Å². The molecule has 0 bridgehead atoms. The number of benzene rings is 2. The number of aromatic nitrogens is 2. The zero-order valence-corrected chi connectivity index (χ0v) is 14.0. The Bertz CT molecular complexity index is 763. The first-order valence-corrected chi connectivity index (χ1v) is 8.33. The highest BCUT2D eigenvalue weighted by atomic mass is 79.9. The largest absolute Gasteiger partial charge is 0.411 e. The van der Waals surface area contributed by atoms with Crippen LogP contribution in [-0.4, -0.2) is 10.2 Å². The van der Waals surface area contributed by atoms with Crippen LogP contribution >= 0.6 is 39.3 Å². The summed E-state index contributed by atoms with van der Waals surface area (Å²) in [6, 6.07) is 15.5. The van der Waals surface area contributed by atoms with E-state index in [1.54, 1.807) is 0 Å². The van der Waals surface area contributed by atoms with Gasteiger partial charge in [-0.05, 0) is 35.9 Å². The van der Waals surface area contributed by atoms with Crippen LogP contribution in [0.25, 0.3) is 11.5 Å². The molecule has 0 fully saturated rings. The standard InChI is InChI=1S/C15H10BrClN2OS/c16-12-5-2-4-11(8-12)14-18-19-15(20-14)21-9-10-3-1-6-13(17)7-10/h1-8H,9H2. The molecule has 0 unspecified atom stereocenters. The summed E-state index contributed by atoms with van der Waals surface area (Å²) in [6.45, 7) is 0. The topological polar surface area (TPSA) is 38.9 Å². The molecule has 106 valence electrons. The lowest BCUT2D eigenvalue weighted by Crippen LogP contribution is -1.80. The summed E-state index contributed by atoms with van der Waals surface area (Å²) in [5.41, 5.74) is 2.01. The van der Waals surface area contributed by atoms with E-state index < -0.39 is 0 Å². The summed E-state index contributed by atoms with van der Waals surface area (Å²) in [6.07, 6.45) is 0. The summed E-state index contributed by atoms with van der Waals surface area (Å²) in [5.74, 6) is 1.26. The summed E-state index contributed by atoms with van der Waals surface area (Å²) in [7, 11) is 0. The van der Waals surface area contributed by atoms with Crippen molar-refractivity contribution in [1.82, 2.24) is 10.2 Å². The van der Waals surface area contributed by atoms with Crippen LogP contribution in [0.1, 0.15) is 5.56 Å². The minimum atomic E-state index is 0.518. The molecular weight excluding hydrogens is 372 g/mol. The monoisotopic (exact) mass is 380 g/mol. The third-order valence-corrected chi connectivity index (χ3v) is 4.35. The summed E-state index contributed by atoms with van der Waals surface area (Å²) < 4.78 is 6.64. The highest BCUT2D eigenvalue weighted by Crippen LogP contribution is 2.27. The predicted molar refractivity (Wildman–Crippen MR) is 88.4 cm³/mol. The quantitative estimate of drug-likeness (QED) is 0.564. The molecule has 0 aliphatic rings. The van der Waals surface area contributed by atoms with Gasteiger partial charge < -0.3 is 4.42 Å². The lowest BCUT2D eigenvalue weighted by Gasteiger charge is -1.98. The number of thioether (sulfide) groups is 1. The van der Waals surface area contributed by atoms with Gasteiger partial charge >= 0.3 is 0 Å². The van der Waals surface area contributed by atoms with Crippen molar-refractivity contribution in [1.29, 1.82) is 0 Å². The molecule has 1 heterocycles. The molecule has 0 aliphatic heterocycles. The summed E-state index contributed by atoms with van der Waals surface area (Å²) in [5, 5.41) is 9.41. The van der Waals surface area contributed by atoms with Gasteiger partial charge in [-0.2, -0.15) is 0 Å². The molecule has 0 saturated heterocycles. The first-order valence-electron chi connectivity index (χ1n) is 6.17. The zero-order chi connectivity index (χ0) is 14.7. The number of hydrogen-bond acceptors (Lipinski definition) is 4. The van der Waals surface area contributed by atoms with Gasteiger partial charge in [0.1, 0.15) is 0 Å². The van der Waals surface area contributed by atoms with Gasteiger partial charge in [0.05, 0.1) is 0 Å². The molecule has 0 atom stereocenters. The van der Waals surface area contributed by atoms with Crippen LogP contribution in [0, 0.1) is 0 Å². The van der Waals surface area contributed by atoms with Crippen LogP contribution in [0.4, 0.5) is 0 Å². The molecule has 0 radical (unpaired) electrons. The van der Waals surface area contributed by atoms with Crippen LogP contribution in [-0.2, 0) is 5.75 Å². The fraction of sp³-hybridized carbons (Fsp3) is 0.0667. The molecule has 0 aliphatic carbocycles. The molecule has 2 aromatic carbocycles. The van der Waals surface area contributed by atoms with Gasteiger partial charge in [0, 0.05) is 20.8 Å². The molecule has 1 aromatic heterocycles. The van der Waals surface area contributed by atoms with E-state index in [1.807, 2.05) is 48.5 Å². The van der Waals surface area contributed by atoms with Crippen LogP contribution < -0.4 is 0 Å². The second-order valence-electron chi connectivity index (χ2n) is 4.30. The maximum absolute atomic E-state index is 5.96. The van der Waals surface area contributed by atoms with Crippen molar-refractivity contribution in [3.05, 3.63) is 63.6 Å². The zero-order valence-electron chi connectivity index (χ0n) is 10.8. The molecular formula is C15H10BrClN2OS. The van der Waals surface area contributed by atoms with E-state index in [0.717, 1.165) is 26.4 Å². The average Bonchev–Trinajstić information content (AvgIpc) is 2.94. The predicted octanol–water partition coefficient (Wildman–Crippen LogP) is 5.44. The maximum atomic E-state index is 5.96. The van der Waals surface area contributed by atoms with E-state index >= 15 is 0 Å². The molecule has 3 nitrogen and oxygen atoms in total. The Hall–Kier alpha value is -1.30. The Kier molecular flexibility index (Phi) is 4.63. The first-order chi connectivity index (χ1) is 10.2. The Morgan fingerprint density at radius 3 is 2.76 bits per heavy atom. The van der Waals surface area contributed by atoms with Crippen molar-refractivity contribution in [3.63, 3.8) is 0 Å². The second kappa shape index (κ2) is 6.64. The molecule has 3 rings (SSSR count). The maximum Gasteiger partial charge on any atom is 0.277 e. The van der Waals surface area contributed by atoms with E-state index in [-0.39, 0.29) is 0 Å². The first kappa shape index (κ1) is 14.6. The van der Waals surface area contributed by atoms with Crippen LogP contribution in [0.3, 0.4) is 0 Å². The fourth-order valence-corrected chi connectivity index (χ4v) is 3.10. The summed E-state index contributed by atoms with van der Waals surface area (Å²) in [4.78, 5) is 0. The molecule has 21 heavy (non-hydrogen) atoms. The van der Waals surface area contributed by atoms with E-state index in [9.17, 15) is 0 Å². The van der Waals surface area contributed by atoms with Gasteiger partial charge in [-0.15, -0.1) is 10.2 Å².